The van der Waals surface area contributed by atoms with Gasteiger partial charge in [-0.3, -0.25) is 4.90 Å². The molecular weight excluding hydrogens is 286 g/mol. The van der Waals surface area contributed by atoms with Gasteiger partial charge in [-0.15, -0.1) is 0 Å². The molecule has 1 aromatic carbocycles. The van der Waals surface area contributed by atoms with Crippen LogP contribution in [0, 0.1) is 0 Å². The van der Waals surface area contributed by atoms with Gasteiger partial charge in [-0.25, -0.2) is 4.79 Å². The van der Waals surface area contributed by atoms with Crippen LogP contribution in [-0.2, 0) is 11.2 Å². The van der Waals surface area contributed by atoms with E-state index in [9.17, 15) is 4.79 Å². The van der Waals surface area contributed by atoms with Gasteiger partial charge in [0, 0.05) is 12.7 Å². The van der Waals surface area contributed by atoms with Crippen LogP contribution in [0.15, 0.2) is 24.3 Å². The van der Waals surface area contributed by atoms with E-state index < -0.39 is 0 Å². The Hall–Kier alpha value is -1.82. The zero-order valence-electron chi connectivity index (χ0n) is 12.4. The molecule has 0 saturated carbocycles. The predicted octanol–water partition coefficient (Wildman–Crippen LogP) is 2.06. The van der Waals surface area contributed by atoms with Gasteiger partial charge in [0.2, 0.25) is 0 Å². The summed E-state index contributed by atoms with van der Waals surface area (Å²) in [7, 11) is 1.75. The Labute approximate surface area is 130 Å². The van der Waals surface area contributed by atoms with Gasteiger partial charge in [-0.1, -0.05) is 25.5 Å². The second kappa shape index (κ2) is 7.26. The number of amides is 1. The monoisotopic (exact) mass is 307 g/mol. The molecule has 114 valence electrons. The summed E-state index contributed by atoms with van der Waals surface area (Å²) in [5.41, 5.74) is 2.16. The SMILES string of the molecule is CCCc1ccc(N2C[C@H](CNC(=S)NC)OC2=O)cc1. The quantitative estimate of drug-likeness (QED) is 0.816. The lowest BCUT2D eigenvalue weighted by Crippen LogP contribution is -2.39. The highest BCUT2D eigenvalue weighted by Crippen LogP contribution is 2.22. The second-order valence-corrected chi connectivity index (χ2v) is 5.40. The summed E-state index contributed by atoms with van der Waals surface area (Å²) in [6.07, 6.45) is 1.67. The predicted molar refractivity (Wildman–Crippen MR) is 87.7 cm³/mol. The van der Waals surface area contributed by atoms with E-state index >= 15 is 0 Å². The molecule has 0 aliphatic carbocycles. The number of nitrogens with zero attached hydrogens (tertiary/aromatic N) is 1. The van der Waals surface area contributed by atoms with Crippen LogP contribution in [-0.4, -0.2) is 37.4 Å². The van der Waals surface area contributed by atoms with Crippen molar-refractivity contribution in [2.24, 2.45) is 0 Å². The highest BCUT2D eigenvalue weighted by molar-refractivity contribution is 7.80. The summed E-state index contributed by atoms with van der Waals surface area (Å²) in [5, 5.41) is 6.39. The summed E-state index contributed by atoms with van der Waals surface area (Å²) >= 11 is 5.01. The molecule has 1 fully saturated rings. The van der Waals surface area contributed by atoms with Crippen molar-refractivity contribution in [3.8, 4) is 0 Å². The fraction of sp³-hybridized carbons (Fsp3) is 0.467. The summed E-state index contributed by atoms with van der Waals surface area (Å²) < 4.78 is 5.34. The van der Waals surface area contributed by atoms with E-state index in [0.29, 0.717) is 18.2 Å². The average Bonchev–Trinajstić information content (AvgIpc) is 2.87. The van der Waals surface area contributed by atoms with Crippen LogP contribution in [0.3, 0.4) is 0 Å². The van der Waals surface area contributed by atoms with E-state index in [1.54, 1.807) is 11.9 Å². The number of hydrogen-bond donors (Lipinski definition) is 2. The Balaban J connectivity index is 1.94. The maximum atomic E-state index is 11.9. The van der Waals surface area contributed by atoms with Crippen molar-refractivity contribution in [2.75, 3.05) is 25.0 Å². The van der Waals surface area contributed by atoms with Crippen LogP contribution in [0.25, 0.3) is 0 Å². The molecule has 0 spiro atoms. The molecule has 1 aliphatic rings. The number of rotatable bonds is 5. The van der Waals surface area contributed by atoms with E-state index in [-0.39, 0.29) is 12.2 Å². The van der Waals surface area contributed by atoms with Crippen LogP contribution in [0.1, 0.15) is 18.9 Å². The largest absolute Gasteiger partial charge is 0.442 e. The third-order valence-corrected chi connectivity index (χ3v) is 3.73. The number of aryl methyl sites for hydroxylation is 1. The summed E-state index contributed by atoms with van der Waals surface area (Å²) in [6.45, 7) is 3.19. The minimum absolute atomic E-state index is 0.195. The number of nitrogens with one attached hydrogen (secondary N) is 2. The van der Waals surface area contributed by atoms with Crippen LogP contribution < -0.4 is 15.5 Å². The highest BCUT2D eigenvalue weighted by Gasteiger charge is 2.32. The molecule has 1 saturated heterocycles. The molecule has 2 N–H and O–H groups in total. The summed E-state index contributed by atoms with van der Waals surface area (Å²) in [5.74, 6) is 0. The Kier molecular flexibility index (Phi) is 5.38. The molecule has 0 radical (unpaired) electrons. The Morgan fingerprint density at radius 1 is 1.43 bits per heavy atom. The lowest BCUT2D eigenvalue weighted by molar-refractivity contribution is 0.143. The van der Waals surface area contributed by atoms with Crippen LogP contribution in [0.2, 0.25) is 0 Å². The number of carbonyl (C=O) groups is 1. The van der Waals surface area contributed by atoms with Crippen molar-refractivity contribution < 1.29 is 9.53 Å². The number of thiocarbonyl (C=S) groups is 1. The third-order valence-electron chi connectivity index (χ3n) is 3.38. The second-order valence-electron chi connectivity index (χ2n) is 4.99. The standard InChI is InChI=1S/C15H21N3O2S/c1-3-4-11-5-7-12(8-6-11)18-10-13(20-15(18)19)9-17-14(21)16-2/h5-8,13H,3-4,9-10H2,1-2H3,(H2,16,17,21)/t13-/m0/s1. The van der Waals surface area contributed by atoms with Crippen molar-refractivity contribution in [1.29, 1.82) is 0 Å². The van der Waals surface area contributed by atoms with Crippen LogP contribution >= 0.6 is 12.2 Å². The van der Waals surface area contributed by atoms with E-state index in [1.807, 2.05) is 12.1 Å². The first kappa shape index (κ1) is 15.6. The number of ether oxygens (including phenoxy) is 1. The lowest BCUT2D eigenvalue weighted by atomic mass is 10.1. The van der Waals surface area contributed by atoms with Gasteiger partial charge in [-0.05, 0) is 36.3 Å². The molecule has 5 nitrogen and oxygen atoms in total. The first-order valence-electron chi connectivity index (χ1n) is 7.16. The normalized spacial score (nSPS) is 17.5. The molecule has 0 bridgehead atoms. The van der Waals surface area contributed by atoms with Gasteiger partial charge in [0.05, 0.1) is 13.1 Å². The Morgan fingerprint density at radius 2 is 2.14 bits per heavy atom. The molecule has 1 aromatic rings. The van der Waals surface area contributed by atoms with Crippen molar-refractivity contribution >= 4 is 29.1 Å². The maximum absolute atomic E-state index is 11.9. The number of carbonyl (C=O) groups excluding carboxylic acids is 1. The molecule has 1 atom stereocenters. The summed E-state index contributed by atoms with van der Waals surface area (Å²) in [4.78, 5) is 13.6. The highest BCUT2D eigenvalue weighted by atomic mass is 32.1. The van der Waals surface area contributed by atoms with Crippen molar-refractivity contribution in [1.82, 2.24) is 10.6 Å². The van der Waals surface area contributed by atoms with Crippen LogP contribution in [0.4, 0.5) is 10.5 Å². The van der Waals surface area contributed by atoms with E-state index in [1.165, 1.54) is 5.56 Å². The molecule has 0 unspecified atom stereocenters. The van der Waals surface area contributed by atoms with Gasteiger partial charge in [-0.2, -0.15) is 0 Å². The maximum Gasteiger partial charge on any atom is 0.414 e. The molecule has 6 heteroatoms. The zero-order chi connectivity index (χ0) is 15.2. The topological polar surface area (TPSA) is 53.6 Å². The minimum Gasteiger partial charge on any atom is -0.442 e. The number of benzene rings is 1. The molecule has 0 aromatic heterocycles. The first-order valence-corrected chi connectivity index (χ1v) is 7.57. The van der Waals surface area contributed by atoms with Gasteiger partial charge in [0.25, 0.3) is 0 Å². The average molecular weight is 307 g/mol. The summed E-state index contributed by atoms with van der Waals surface area (Å²) in [6, 6.07) is 8.07. The fourth-order valence-corrected chi connectivity index (χ4v) is 2.35. The molecule has 1 heterocycles. The Morgan fingerprint density at radius 3 is 2.76 bits per heavy atom. The van der Waals surface area contributed by atoms with E-state index in [4.69, 9.17) is 17.0 Å². The van der Waals surface area contributed by atoms with Gasteiger partial charge < -0.3 is 15.4 Å². The lowest BCUT2D eigenvalue weighted by Gasteiger charge is -2.14. The van der Waals surface area contributed by atoms with Gasteiger partial charge in [0.1, 0.15) is 6.10 Å². The van der Waals surface area contributed by atoms with Crippen molar-refractivity contribution in [3.05, 3.63) is 29.8 Å². The molecule has 1 aliphatic heterocycles. The van der Waals surface area contributed by atoms with Crippen LogP contribution in [0.5, 0.6) is 0 Å². The molecular formula is C15H21N3O2S. The molecule has 1 amide bonds. The number of cyclic esters (lactones) is 1. The smallest absolute Gasteiger partial charge is 0.414 e. The minimum atomic E-state index is -0.305. The molecule has 2 rings (SSSR count). The third kappa shape index (κ3) is 4.07. The fourth-order valence-electron chi connectivity index (χ4n) is 2.26. The zero-order valence-corrected chi connectivity index (χ0v) is 13.2. The van der Waals surface area contributed by atoms with Gasteiger partial charge >= 0.3 is 6.09 Å². The van der Waals surface area contributed by atoms with Crippen molar-refractivity contribution in [2.45, 2.75) is 25.9 Å². The molecule has 21 heavy (non-hydrogen) atoms. The van der Waals surface area contributed by atoms with Crippen molar-refractivity contribution in [3.63, 3.8) is 0 Å². The first-order chi connectivity index (χ1) is 10.1. The number of anilines is 1. The van der Waals surface area contributed by atoms with Gasteiger partial charge in [0.15, 0.2) is 5.11 Å². The van der Waals surface area contributed by atoms with E-state index in [0.717, 1.165) is 18.5 Å². The van der Waals surface area contributed by atoms with E-state index in [2.05, 4.69) is 29.7 Å². The number of hydrogen-bond acceptors (Lipinski definition) is 3. The Bertz CT molecular complexity index is 504.